The first kappa shape index (κ1) is 17.9. The molecule has 1 aromatic rings. The van der Waals surface area contributed by atoms with E-state index in [0.29, 0.717) is 13.2 Å². The van der Waals surface area contributed by atoms with E-state index in [1.807, 2.05) is 52.0 Å². The van der Waals surface area contributed by atoms with Crippen LogP contribution in [0, 0.1) is 0 Å². The molecule has 0 amide bonds. The van der Waals surface area contributed by atoms with Crippen LogP contribution in [0.5, 0.6) is 0 Å². The topological polar surface area (TPSA) is 60.0 Å². The van der Waals surface area contributed by atoms with Gasteiger partial charge < -0.3 is 10.5 Å². The molecule has 4 heteroatoms. The van der Waals surface area contributed by atoms with Gasteiger partial charge in [0.05, 0.1) is 5.71 Å². The maximum absolute atomic E-state index is 5.84. The molecule has 0 saturated heterocycles. The number of hydrogen-bond acceptors (Lipinski definition) is 4. The third-order valence-corrected chi connectivity index (χ3v) is 3.01. The predicted octanol–water partition coefficient (Wildman–Crippen LogP) is 3.98. The van der Waals surface area contributed by atoms with Crippen molar-refractivity contribution in [2.24, 2.45) is 15.7 Å². The minimum Gasteiger partial charge on any atom is -0.491 e. The van der Waals surface area contributed by atoms with Crippen LogP contribution < -0.4 is 5.73 Å². The SMILES string of the molecule is C=C(C)N=C(C)/C(N=CC)=C(\C)OCc1ccc(CN)cc1. The summed E-state index contributed by atoms with van der Waals surface area (Å²) < 4.78 is 5.84. The van der Waals surface area contributed by atoms with Gasteiger partial charge >= 0.3 is 0 Å². The molecule has 0 unspecified atom stereocenters. The summed E-state index contributed by atoms with van der Waals surface area (Å²) in [5.74, 6) is 0.739. The molecule has 0 spiro atoms. The summed E-state index contributed by atoms with van der Waals surface area (Å²) in [5, 5.41) is 0. The van der Waals surface area contributed by atoms with Crippen LogP contribution >= 0.6 is 0 Å². The Bertz CT molecular complexity index is 595. The van der Waals surface area contributed by atoms with Gasteiger partial charge in [-0.25, -0.2) is 0 Å². The molecular weight excluding hydrogens is 274 g/mol. The molecule has 0 bridgehead atoms. The smallest absolute Gasteiger partial charge is 0.121 e. The lowest BCUT2D eigenvalue weighted by Crippen LogP contribution is -2.03. The van der Waals surface area contributed by atoms with Crippen molar-refractivity contribution in [2.45, 2.75) is 40.8 Å². The summed E-state index contributed by atoms with van der Waals surface area (Å²) in [6.07, 6.45) is 1.73. The monoisotopic (exact) mass is 299 g/mol. The van der Waals surface area contributed by atoms with Gasteiger partial charge in [0, 0.05) is 18.5 Å². The molecule has 0 radical (unpaired) electrons. The predicted molar refractivity (Wildman–Crippen MR) is 93.9 cm³/mol. The second-order valence-electron chi connectivity index (χ2n) is 5.03. The van der Waals surface area contributed by atoms with Crippen molar-refractivity contribution >= 4 is 11.9 Å². The zero-order valence-electron chi connectivity index (χ0n) is 13.9. The highest BCUT2D eigenvalue weighted by Crippen LogP contribution is 2.14. The van der Waals surface area contributed by atoms with E-state index in [1.165, 1.54) is 0 Å². The standard InChI is InChI=1S/C18H25N3O/c1-6-20-18(14(4)21-13(2)3)15(5)22-12-17-9-7-16(11-19)8-10-17/h6-10H,2,11-12,19H2,1,3-5H3/b18-15-,20-6?,21-14?. The fourth-order valence-electron chi connectivity index (χ4n) is 1.94. The quantitative estimate of drug-likeness (QED) is 0.611. The lowest BCUT2D eigenvalue weighted by atomic mass is 10.1. The summed E-state index contributed by atoms with van der Waals surface area (Å²) >= 11 is 0. The van der Waals surface area contributed by atoms with Crippen molar-refractivity contribution in [3.05, 3.63) is 59.1 Å². The van der Waals surface area contributed by atoms with E-state index in [4.69, 9.17) is 10.5 Å². The molecular formula is C18H25N3O. The molecule has 0 heterocycles. The zero-order valence-corrected chi connectivity index (χ0v) is 13.9. The molecule has 0 atom stereocenters. The highest BCUT2D eigenvalue weighted by molar-refractivity contribution is 5.99. The largest absolute Gasteiger partial charge is 0.491 e. The molecule has 0 aromatic heterocycles. The number of allylic oxidation sites excluding steroid dienone is 3. The average molecular weight is 299 g/mol. The van der Waals surface area contributed by atoms with Gasteiger partial charge in [0.1, 0.15) is 18.1 Å². The van der Waals surface area contributed by atoms with Crippen molar-refractivity contribution < 1.29 is 4.74 Å². The second kappa shape index (κ2) is 8.95. The fourth-order valence-corrected chi connectivity index (χ4v) is 1.94. The fraction of sp³-hybridized carbons (Fsp3) is 0.333. The number of aliphatic imine (C=N–C) groups is 2. The van der Waals surface area contributed by atoms with Gasteiger partial charge in [-0.05, 0) is 38.8 Å². The van der Waals surface area contributed by atoms with Crippen LogP contribution in [0.4, 0.5) is 0 Å². The average Bonchev–Trinajstić information content (AvgIpc) is 2.50. The summed E-state index contributed by atoms with van der Waals surface area (Å²) in [6, 6.07) is 8.06. The van der Waals surface area contributed by atoms with Crippen LogP contribution in [0.1, 0.15) is 38.8 Å². The van der Waals surface area contributed by atoms with Gasteiger partial charge in [0.2, 0.25) is 0 Å². The molecule has 22 heavy (non-hydrogen) atoms. The Labute approximate surface area is 133 Å². The van der Waals surface area contributed by atoms with Gasteiger partial charge in [-0.3, -0.25) is 9.98 Å². The highest BCUT2D eigenvalue weighted by atomic mass is 16.5. The molecule has 0 aliphatic heterocycles. The third kappa shape index (κ3) is 5.66. The minimum atomic E-state index is 0.486. The van der Waals surface area contributed by atoms with Gasteiger partial charge in [-0.1, -0.05) is 30.8 Å². The van der Waals surface area contributed by atoms with Gasteiger partial charge in [-0.15, -0.1) is 0 Å². The minimum absolute atomic E-state index is 0.486. The first-order chi connectivity index (χ1) is 10.5. The molecule has 1 aromatic carbocycles. The van der Waals surface area contributed by atoms with Crippen LogP contribution in [0.2, 0.25) is 0 Å². The van der Waals surface area contributed by atoms with Crippen molar-refractivity contribution in [1.29, 1.82) is 0 Å². The first-order valence-electron chi connectivity index (χ1n) is 7.29. The van der Waals surface area contributed by atoms with E-state index in [0.717, 1.165) is 34.0 Å². The molecule has 2 N–H and O–H groups in total. The Kier molecular flexibility index (Phi) is 7.26. The Morgan fingerprint density at radius 1 is 1.18 bits per heavy atom. The van der Waals surface area contributed by atoms with Gasteiger partial charge in [-0.2, -0.15) is 0 Å². The normalized spacial score (nSPS) is 13.2. The number of benzene rings is 1. The van der Waals surface area contributed by atoms with Crippen LogP contribution in [-0.2, 0) is 17.9 Å². The van der Waals surface area contributed by atoms with E-state index < -0.39 is 0 Å². The highest BCUT2D eigenvalue weighted by Gasteiger charge is 2.07. The maximum atomic E-state index is 5.84. The second-order valence-corrected chi connectivity index (χ2v) is 5.03. The Balaban J connectivity index is 2.88. The van der Waals surface area contributed by atoms with E-state index in [9.17, 15) is 0 Å². The van der Waals surface area contributed by atoms with Gasteiger partial charge in [0.25, 0.3) is 0 Å². The van der Waals surface area contributed by atoms with Crippen molar-refractivity contribution in [2.75, 3.05) is 0 Å². The summed E-state index contributed by atoms with van der Waals surface area (Å²) in [7, 11) is 0. The number of nitrogens with zero attached hydrogens (tertiary/aromatic N) is 2. The van der Waals surface area contributed by atoms with Crippen molar-refractivity contribution in [3.63, 3.8) is 0 Å². The number of hydrogen-bond donors (Lipinski definition) is 1. The number of nitrogens with two attached hydrogens (primary N) is 1. The first-order valence-corrected chi connectivity index (χ1v) is 7.29. The third-order valence-electron chi connectivity index (χ3n) is 3.01. The molecule has 4 nitrogen and oxygen atoms in total. The van der Waals surface area contributed by atoms with Crippen LogP contribution in [-0.4, -0.2) is 11.9 Å². The van der Waals surface area contributed by atoms with Crippen LogP contribution in [0.25, 0.3) is 0 Å². The maximum Gasteiger partial charge on any atom is 0.121 e. The molecule has 0 aliphatic rings. The van der Waals surface area contributed by atoms with E-state index in [1.54, 1.807) is 6.21 Å². The molecule has 1 rings (SSSR count). The van der Waals surface area contributed by atoms with E-state index >= 15 is 0 Å². The van der Waals surface area contributed by atoms with Crippen molar-refractivity contribution in [3.8, 4) is 0 Å². The molecule has 0 fully saturated rings. The Hall–Kier alpha value is -2.20. The number of rotatable bonds is 7. The molecule has 0 aliphatic carbocycles. The van der Waals surface area contributed by atoms with Gasteiger partial charge in [0.15, 0.2) is 0 Å². The van der Waals surface area contributed by atoms with Crippen LogP contribution in [0.3, 0.4) is 0 Å². The lowest BCUT2D eigenvalue weighted by Gasteiger charge is -2.11. The van der Waals surface area contributed by atoms with Crippen molar-refractivity contribution in [1.82, 2.24) is 0 Å². The molecule has 0 saturated carbocycles. The van der Waals surface area contributed by atoms with E-state index in [-0.39, 0.29) is 0 Å². The number of ether oxygens (including phenoxy) is 1. The Morgan fingerprint density at radius 2 is 1.77 bits per heavy atom. The summed E-state index contributed by atoms with van der Waals surface area (Å²) in [6.45, 7) is 12.3. The summed E-state index contributed by atoms with van der Waals surface area (Å²) in [5.41, 5.74) is 10.1. The van der Waals surface area contributed by atoms with Crippen LogP contribution in [0.15, 0.2) is 58.0 Å². The zero-order chi connectivity index (χ0) is 16.5. The Morgan fingerprint density at radius 3 is 2.27 bits per heavy atom. The lowest BCUT2D eigenvalue weighted by molar-refractivity contribution is 0.198. The van der Waals surface area contributed by atoms with E-state index in [2.05, 4.69) is 16.6 Å². The molecule has 118 valence electrons. The summed E-state index contributed by atoms with van der Waals surface area (Å²) in [4.78, 5) is 8.71.